The number of fused-ring (bicyclic) bond motifs is 1. The van der Waals surface area contributed by atoms with Crippen LogP contribution in [0.15, 0.2) is 24.4 Å². The molecular formula is C16H19N3O2. The molecule has 0 amide bonds. The van der Waals surface area contributed by atoms with Gasteiger partial charge in [-0.25, -0.2) is 4.98 Å². The van der Waals surface area contributed by atoms with E-state index >= 15 is 0 Å². The third-order valence-corrected chi connectivity index (χ3v) is 4.25. The second kappa shape index (κ2) is 5.41. The number of piperidine rings is 1. The second-order valence-corrected chi connectivity index (χ2v) is 5.71. The van der Waals surface area contributed by atoms with Gasteiger partial charge < -0.3 is 19.8 Å². The maximum atomic E-state index is 5.43. The van der Waals surface area contributed by atoms with Crippen LogP contribution in [0.25, 0.3) is 11.3 Å². The highest BCUT2D eigenvalue weighted by atomic mass is 16.7. The largest absolute Gasteiger partial charge is 0.454 e. The van der Waals surface area contributed by atoms with E-state index in [4.69, 9.17) is 9.47 Å². The number of imidazole rings is 1. The number of hydrogen-bond acceptors (Lipinski definition) is 4. The van der Waals surface area contributed by atoms with Crippen LogP contribution < -0.4 is 14.8 Å². The molecular weight excluding hydrogens is 266 g/mol. The van der Waals surface area contributed by atoms with Crippen LogP contribution in [-0.2, 0) is 6.42 Å². The molecule has 0 unspecified atom stereocenters. The minimum absolute atomic E-state index is 0.308. The number of nitrogens with zero attached hydrogens (tertiary/aromatic N) is 1. The molecule has 2 aliphatic rings. The Hall–Kier alpha value is -2.01. The Morgan fingerprint density at radius 1 is 1.14 bits per heavy atom. The van der Waals surface area contributed by atoms with Gasteiger partial charge in [0.05, 0.1) is 11.9 Å². The van der Waals surface area contributed by atoms with Crippen molar-refractivity contribution in [1.82, 2.24) is 15.3 Å². The van der Waals surface area contributed by atoms with Crippen LogP contribution in [0, 0.1) is 5.92 Å². The molecule has 0 spiro atoms. The standard InChI is InChI=1S/C16H19N3O2/c1-2-14-15(21-10-20-14)8-12(1)13-9-18-16(19-13)7-11-3-5-17-6-4-11/h1-2,8-9,11,17H,3-7,10H2,(H,18,19). The lowest BCUT2D eigenvalue weighted by Gasteiger charge is -2.21. The van der Waals surface area contributed by atoms with Gasteiger partial charge in [0.1, 0.15) is 5.82 Å². The molecule has 0 saturated carbocycles. The van der Waals surface area contributed by atoms with Gasteiger partial charge in [-0.15, -0.1) is 0 Å². The van der Waals surface area contributed by atoms with Gasteiger partial charge in [0.15, 0.2) is 11.5 Å². The normalized spacial score (nSPS) is 18.1. The zero-order valence-electron chi connectivity index (χ0n) is 11.9. The number of H-pyrrole nitrogens is 1. The van der Waals surface area contributed by atoms with Crippen molar-refractivity contribution in [3.05, 3.63) is 30.2 Å². The predicted molar refractivity (Wildman–Crippen MR) is 79.4 cm³/mol. The van der Waals surface area contributed by atoms with Crippen molar-refractivity contribution in [1.29, 1.82) is 0 Å². The third-order valence-electron chi connectivity index (χ3n) is 4.25. The topological polar surface area (TPSA) is 59.2 Å². The third kappa shape index (κ3) is 2.61. The minimum atomic E-state index is 0.308. The summed E-state index contributed by atoms with van der Waals surface area (Å²) >= 11 is 0. The molecule has 2 N–H and O–H groups in total. The summed E-state index contributed by atoms with van der Waals surface area (Å²) in [5.41, 5.74) is 2.13. The molecule has 0 atom stereocenters. The number of rotatable bonds is 3. The summed E-state index contributed by atoms with van der Waals surface area (Å²) in [6.45, 7) is 2.56. The first kappa shape index (κ1) is 12.7. The Morgan fingerprint density at radius 2 is 2.00 bits per heavy atom. The average molecular weight is 285 g/mol. The first-order chi connectivity index (χ1) is 10.4. The van der Waals surface area contributed by atoms with Crippen LogP contribution in [0.2, 0.25) is 0 Å². The van der Waals surface area contributed by atoms with E-state index < -0.39 is 0 Å². The van der Waals surface area contributed by atoms with E-state index in [9.17, 15) is 0 Å². The monoisotopic (exact) mass is 285 g/mol. The molecule has 1 saturated heterocycles. The number of nitrogens with one attached hydrogen (secondary N) is 2. The fourth-order valence-corrected chi connectivity index (χ4v) is 3.04. The van der Waals surface area contributed by atoms with Crippen LogP contribution in [0.3, 0.4) is 0 Å². The number of ether oxygens (including phenoxy) is 2. The van der Waals surface area contributed by atoms with Crippen LogP contribution in [0.1, 0.15) is 18.7 Å². The van der Waals surface area contributed by atoms with E-state index in [1.807, 2.05) is 24.4 Å². The molecule has 1 aromatic heterocycles. The molecule has 4 rings (SSSR count). The first-order valence-corrected chi connectivity index (χ1v) is 7.53. The predicted octanol–water partition coefficient (Wildman–Crippen LogP) is 2.35. The number of aromatic amines is 1. The highest BCUT2D eigenvalue weighted by molar-refractivity contribution is 5.64. The Balaban J connectivity index is 1.51. The zero-order chi connectivity index (χ0) is 14.1. The molecule has 5 heteroatoms. The highest BCUT2D eigenvalue weighted by Gasteiger charge is 2.17. The van der Waals surface area contributed by atoms with Gasteiger partial charge in [-0.05, 0) is 50.0 Å². The molecule has 21 heavy (non-hydrogen) atoms. The molecule has 2 aliphatic heterocycles. The summed E-state index contributed by atoms with van der Waals surface area (Å²) in [5, 5.41) is 3.40. The van der Waals surface area contributed by atoms with Gasteiger partial charge in [0.25, 0.3) is 0 Å². The van der Waals surface area contributed by atoms with E-state index in [2.05, 4.69) is 15.3 Å². The molecule has 0 radical (unpaired) electrons. The Kier molecular flexibility index (Phi) is 3.27. The Morgan fingerprint density at radius 3 is 2.90 bits per heavy atom. The van der Waals surface area contributed by atoms with Gasteiger partial charge >= 0.3 is 0 Å². The Bertz CT molecular complexity index is 632. The van der Waals surface area contributed by atoms with Crippen LogP contribution in [0.4, 0.5) is 0 Å². The molecule has 0 bridgehead atoms. The van der Waals surface area contributed by atoms with E-state index in [1.54, 1.807) is 0 Å². The summed E-state index contributed by atoms with van der Waals surface area (Å²) in [6, 6.07) is 5.99. The molecule has 1 fully saturated rings. The first-order valence-electron chi connectivity index (χ1n) is 7.53. The lowest BCUT2D eigenvalue weighted by Crippen LogP contribution is -2.28. The van der Waals surface area contributed by atoms with Crippen molar-refractivity contribution in [3.8, 4) is 22.8 Å². The van der Waals surface area contributed by atoms with E-state index in [-0.39, 0.29) is 0 Å². The minimum Gasteiger partial charge on any atom is -0.454 e. The second-order valence-electron chi connectivity index (χ2n) is 5.71. The molecule has 3 heterocycles. The molecule has 1 aromatic carbocycles. The van der Waals surface area contributed by atoms with Crippen molar-refractivity contribution in [2.75, 3.05) is 19.9 Å². The van der Waals surface area contributed by atoms with Crippen LogP contribution in [0.5, 0.6) is 11.5 Å². The van der Waals surface area contributed by atoms with Crippen molar-refractivity contribution < 1.29 is 9.47 Å². The van der Waals surface area contributed by atoms with Gasteiger partial charge in [0.2, 0.25) is 6.79 Å². The van der Waals surface area contributed by atoms with E-state index in [0.717, 1.165) is 54.0 Å². The Labute approximate surface area is 123 Å². The van der Waals surface area contributed by atoms with Crippen molar-refractivity contribution in [2.24, 2.45) is 5.92 Å². The number of aromatic nitrogens is 2. The van der Waals surface area contributed by atoms with E-state index in [0.29, 0.717) is 6.79 Å². The summed E-state index contributed by atoms with van der Waals surface area (Å²) in [6.07, 6.45) is 5.42. The molecule has 0 aliphatic carbocycles. The van der Waals surface area contributed by atoms with Crippen molar-refractivity contribution in [2.45, 2.75) is 19.3 Å². The van der Waals surface area contributed by atoms with Gasteiger partial charge in [0, 0.05) is 12.0 Å². The quantitative estimate of drug-likeness (QED) is 0.909. The van der Waals surface area contributed by atoms with Crippen molar-refractivity contribution >= 4 is 0 Å². The summed E-state index contributed by atoms with van der Waals surface area (Å²) < 4.78 is 10.8. The smallest absolute Gasteiger partial charge is 0.231 e. The zero-order valence-corrected chi connectivity index (χ0v) is 11.9. The van der Waals surface area contributed by atoms with Crippen molar-refractivity contribution in [3.63, 3.8) is 0 Å². The number of hydrogen-bond donors (Lipinski definition) is 2. The fourth-order valence-electron chi connectivity index (χ4n) is 3.04. The van der Waals surface area contributed by atoms with Crippen LogP contribution >= 0.6 is 0 Å². The highest BCUT2D eigenvalue weighted by Crippen LogP contribution is 2.35. The van der Waals surface area contributed by atoms with Gasteiger partial charge in [-0.2, -0.15) is 0 Å². The van der Waals surface area contributed by atoms with Gasteiger partial charge in [-0.3, -0.25) is 0 Å². The molecule has 2 aromatic rings. The average Bonchev–Trinajstić information content (AvgIpc) is 3.16. The SMILES string of the molecule is c1cc2c(cc1-c1cnc(CC3CCNCC3)[nH]1)OCO2. The van der Waals surface area contributed by atoms with E-state index in [1.165, 1.54) is 12.8 Å². The summed E-state index contributed by atoms with van der Waals surface area (Å²) in [5.74, 6) is 3.44. The van der Waals surface area contributed by atoms with Crippen LogP contribution in [-0.4, -0.2) is 29.9 Å². The molecule has 5 nitrogen and oxygen atoms in total. The maximum Gasteiger partial charge on any atom is 0.231 e. The summed E-state index contributed by atoms with van der Waals surface area (Å²) in [4.78, 5) is 7.97. The molecule has 110 valence electrons. The maximum absolute atomic E-state index is 5.43. The number of benzene rings is 1. The lowest BCUT2D eigenvalue weighted by molar-refractivity contribution is 0.174. The summed E-state index contributed by atoms with van der Waals surface area (Å²) in [7, 11) is 0. The van der Waals surface area contributed by atoms with Gasteiger partial charge in [-0.1, -0.05) is 0 Å². The lowest BCUT2D eigenvalue weighted by atomic mass is 9.94. The fraction of sp³-hybridized carbons (Fsp3) is 0.438.